The van der Waals surface area contributed by atoms with Gasteiger partial charge in [-0.25, -0.2) is 15.0 Å². The van der Waals surface area contributed by atoms with E-state index in [1.807, 2.05) is 24.3 Å². The lowest BCUT2D eigenvalue weighted by Crippen LogP contribution is -2.47. The van der Waals surface area contributed by atoms with Crippen LogP contribution in [0.25, 0.3) is 0 Å². The lowest BCUT2D eigenvalue weighted by Gasteiger charge is -2.36. The van der Waals surface area contributed by atoms with Crippen LogP contribution in [0.4, 0.5) is 30.6 Å². The van der Waals surface area contributed by atoms with E-state index >= 15 is 0 Å². The van der Waals surface area contributed by atoms with E-state index in [1.54, 1.807) is 12.3 Å². The first-order chi connectivity index (χ1) is 14.5. The highest BCUT2D eigenvalue weighted by molar-refractivity contribution is 5.50. The molecule has 0 aliphatic carbocycles. The average molecular weight is 414 g/mol. The molecule has 156 valence electrons. The molecule has 0 spiro atoms. The van der Waals surface area contributed by atoms with Crippen LogP contribution in [0.3, 0.4) is 0 Å². The number of alkyl halides is 3. The number of halogens is 3. The van der Waals surface area contributed by atoms with Crippen LogP contribution in [-0.4, -0.2) is 41.1 Å². The molecule has 0 unspecified atom stereocenters. The smallest absolute Gasteiger partial charge is 0.366 e. The van der Waals surface area contributed by atoms with Crippen molar-refractivity contribution in [1.29, 1.82) is 0 Å². The largest absolute Gasteiger partial charge is 0.416 e. The van der Waals surface area contributed by atoms with Crippen molar-refractivity contribution < 1.29 is 13.2 Å². The summed E-state index contributed by atoms with van der Waals surface area (Å²) in [5.41, 5.74) is -0.120. The number of nitrogens with one attached hydrogen (secondary N) is 1. The molecule has 6 nitrogen and oxygen atoms in total. The fraction of sp³-hybridized carbons (Fsp3) is 0.286. The van der Waals surface area contributed by atoms with Crippen molar-refractivity contribution in [3.05, 3.63) is 72.2 Å². The van der Waals surface area contributed by atoms with Gasteiger partial charge < -0.3 is 15.1 Å². The lowest BCUT2D eigenvalue weighted by atomic mass is 10.1. The van der Waals surface area contributed by atoms with E-state index in [4.69, 9.17) is 0 Å². The molecule has 1 aliphatic heterocycles. The number of benzene rings is 1. The van der Waals surface area contributed by atoms with Gasteiger partial charge in [-0.05, 0) is 29.8 Å². The zero-order chi connectivity index (χ0) is 21.0. The van der Waals surface area contributed by atoms with Gasteiger partial charge in [-0.1, -0.05) is 18.2 Å². The van der Waals surface area contributed by atoms with Crippen molar-refractivity contribution in [3.63, 3.8) is 0 Å². The molecule has 0 radical (unpaired) electrons. The number of piperazine rings is 1. The van der Waals surface area contributed by atoms with E-state index in [2.05, 4.69) is 30.1 Å². The summed E-state index contributed by atoms with van der Waals surface area (Å²) in [5, 5.41) is 3.09. The number of anilines is 3. The van der Waals surface area contributed by atoms with Gasteiger partial charge in [0, 0.05) is 45.0 Å². The minimum Gasteiger partial charge on any atom is -0.366 e. The highest BCUT2D eigenvalue weighted by atomic mass is 19.4. The highest BCUT2D eigenvalue weighted by Crippen LogP contribution is 2.29. The van der Waals surface area contributed by atoms with Crippen molar-refractivity contribution in [1.82, 2.24) is 15.0 Å². The SMILES string of the molecule is FC(F)(F)c1cccc(CNc2cc(N3CCN(c4ccccn4)CC3)ncn2)c1. The highest BCUT2D eigenvalue weighted by Gasteiger charge is 2.30. The van der Waals surface area contributed by atoms with Crippen LogP contribution in [0, 0.1) is 0 Å². The molecule has 9 heteroatoms. The maximum atomic E-state index is 12.9. The minimum absolute atomic E-state index is 0.244. The second-order valence-electron chi connectivity index (χ2n) is 6.98. The van der Waals surface area contributed by atoms with Crippen molar-refractivity contribution >= 4 is 17.5 Å². The molecule has 4 rings (SSSR count). The van der Waals surface area contributed by atoms with Gasteiger partial charge in [-0.2, -0.15) is 13.2 Å². The monoisotopic (exact) mass is 414 g/mol. The Kier molecular flexibility index (Phi) is 5.69. The van der Waals surface area contributed by atoms with Crippen LogP contribution in [-0.2, 0) is 12.7 Å². The van der Waals surface area contributed by atoms with Gasteiger partial charge in [-0.15, -0.1) is 0 Å². The number of hydrogen-bond acceptors (Lipinski definition) is 6. The Morgan fingerprint density at radius 1 is 0.833 bits per heavy atom. The Bertz CT molecular complexity index is 972. The van der Waals surface area contributed by atoms with Gasteiger partial charge >= 0.3 is 6.18 Å². The maximum Gasteiger partial charge on any atom is 0.416 e. The molecule has 1 aliphatic rings. The van der Waals surface area contributed by atoms with E-state index in [-0.39, 0.29) is 6.54 Å². The van der Waals surface area contributed by atoms with Crippen LogP contribution in [0.1, 0.15) is 11.1 Å². The van der Waals surface area contributed by atoms with E-state index in [0.717, 1.165) is 49.9 Å². The fourth-order valence-corrected chi connectivity index (χ4v) is 3.37. The molecule has 1 saturated heterocycles. The molecule has 3 aromatic rings. The zero-order valence-corrected chi connectivity index (χ0v) is 16.2. The molecule has 2 aromatic heterocycles. The minimum atomic E-state index is -4.35. The first-order valence-electron chi connectivity index (χ1n) is 9.62. The first-order valence-corrected chi connectivity index (χ1v) is 9.62. The summed E-state index contributed by atoms with van der Waals surface area (Å²) in [6.07, 6.45) is -1.10. The zero-order valence-electron chi connectivity index (χ0n) is 16.2. The molecule has 0 amide bonds. The summed E-state index contributed by atoms with van der Waals surface area (Å²) in [4.78, 5) is 17.3. The topological polar surface area (TPSA) is 57.2 Å². The molecule has 30 heavy (non-hydrogen) atoms. The maximum absolute atomic E-state index is 12.9. The Morgan fingerprint density at radius 3 is 2.30 bits per heavy atom. The van der Waals surface area contributed by atoms with Crippen LogP contribution in [0.15, 0.2) is 61.1 Å². The van der Waals surface area contributed by atoms with Gasteiger partial charge in [-0.3, -0.25) is 0 Å². The van der Waals surface area contributed by atoms with Crippen LogP contribution >= 0.6 is 0 Å². The van der Waals surface area contributed by atoms with Crippen molar-refractivity contribution in [3.8, 4) is 0 Å². The van der Waals surface area contributed by atoms with Gasteiger partial charge in [0.25, 0.3) is 0 Å². The standard InChI is InChI=1S/C21H21F3N6/c22-21(23,24)17-5-3-4-16(12-17)14-26-18-13-20(28-15-27-18)30-10-8-29(9-11-30)19-6-1-2-7-25-19/h1-7,12-13,15H,8-11,14H2,(H,26,27,28). The molecule has 3 heterocycles. The predicted octanol–water partition coefficient (Wildman–Crippen LogP) is 3.83. The average Bonchev–Trinajstić information content (AvgIpc) is 2.78. The van der Waals surface area contributed by atoms with Gasteiger partial charge in [0.15, 0.2) is 0 Å². The molecular formula is C21H21F3N6. The summed E-state index contributed by atoms with van der Waals surface area (Å²) in [6, 6.07) is 13.0. The lowest BCUT2D eigenvalue weighted by molar-refractivity contribution is -0.137. The van der Waals surface area contributed by atoms with Gasteiger partial charge in [0.05, 0.1) is 5.56 Å². The van der Waals surface area contributed by atoms with E-state index in [9.17, 15) is 13.2 Å². The molecule has 0 saturated carbocycles. The van der Waals surface area contributed by atoms with Crippen molar-refractivity contribution in [2.75, 3.05) is 41.3 Å². The second kappa shape index (κ2) is 8.56. The number of hydrogen-bond donors (Lipinski definition) is 1. The Hall–Kier alpha value is -3.36. The summed E-state index contributed by atoms with van der Waals surface area (Å²) in [7, 11) is 0. The van der Waals surface area contributed by atoms with Gasteiger partial charge in [0.2, 0.25) is 0 Å². The summed E-state index contributed by atoms with van der Waals surface area (Å²) in [6.45, 7) is 3.48. The third-order valence-electron chi connectivity index (χ3n) is 4.96. The van der Waals surface area contributed by atoms with E-state index in [0.29, 0.717) is 11.4 Å². The third-order valence-corrected chi connectivity index (χ3v) is 4.96. The van der Waals surface area contributed by atoms with Crippen molar-refractivity contribution in [2.24, 2.45) is 0 Å². The van der Waals surface area contributed by atoms with E-state index < -0.39 is 11.7 Å². The van der Waals surface area contributed by atoms with E-state index in [1.165, 1.54) is 12.4 Å². The Morgan fingerprint density at radius 2 is 1.60 bits per heavy atom. The normalized spacial score (nSPS) is 14.6. The summed E-state index contributed by atoms with van der Waals surface area (Å²) < 4.78 is 38.6. The molecule has 0 atom stereocenters. The molecule has 1 N–H and O–H groups in total. The van der Waals surface area contributed by atoms with Crippen LogP contribution < -0.4 is 15.1 Å². The summed E-state index contributed by atoms with van der Waals surface area (Å²) >= 11 is 0. The second-order valence-corrected chi connectivity index (χ2v) is 6.98. The third kappa shape index (κ3) is 4.79. The number of nitrogens with zero attached hydrogens (tertiary/aromatic N) is 5. The number of rotatable bonds is 5. The van der Waals surface area contributed by atoms with Crippen LogP contribution in [0.5, 0.6) is 0 Å². The van der Waals surface area contributed by atoms with Crippen LogP contribution in [0.2, 0.25) is 0 Å². The predicted molar refractivity (Wildman–Crippen MR) is 109 cm³/mol. The molecule has 0 bridgehead atoms. The first kappa shape index (κ1) is 19.9. The Balaban J connectivity index is 1.37. The molecule has 1 aromatic carbocycles. The number of aromatic nitrogens is 3. The van der Waals surface area contributed by atoms with Gasteiger partial charge in [0.1, 0.15) is 23.8 Å². The quantitative estimate of drug-likeness (QED) is 0.685. The molecular weight excluding hydrogens is 393 g/mol. The fourth-order valence-electron chi connectivity index (χ4n) is 3.37. The summed E-state index contributed by atoms with van der Waals surface area (Å²) in [5.74, 6) is 2.32. The molecule has 1 fully saturated rings. The van der Waals surface area contributed by atoms with Crippen molar-refractivity contribution in [2.45, 2.75) is 12.7 Å². The Labute approximate surface area is 172 Å². The number of pyridine rings is 1.